The van der Waals surface area contributed by atoms with Crippen molar-refractivity contribution in [3.63, 3.8) is 0 Å². The average Bonchev–Trinajstić information content (AvgIpc) is 2.96. The molecule has 0 atom stereocenters. The lowest BCUT2D eigenvalue weighted by Gasteiger charge is -2.35. The fourth-order valence-corrected chi connectivity index (χ4v) is 4.73. The van der Waals surface area contributed by atoms with E-state index in [-0.39, 0.29) is 29.0 Å². The van der Waals surface area contributed by atoms with Crippen molar-refractivity contribution in [2.45, 2.75) is 52.4 Å². The number of nitrogens with zero attached hydrogens (tertiary/aromatic N) is 8. The molecule has 4 rings (SSSR count). The van der Waals surface area contributed by atoms with Crippen LogP contribution in [0.2, 0.25) is 0 Å². The van der Waals surface area contributed by atoms with Crippen molar-refractivity contribution in [3.05, 3.63) is 23.5 Å². The van der Waals surface area contributed by atoms with Crippen molar-refractivity contribution >= 4 is 29.5 Å². The quantitative estimate of drug-likeness (QED) is 0.313. The fraction of sp³-hybridized carbons (Fsp3) is 0.593. The monoisotopic (exact) mass is 573 g/mol. The maximum atomic E-state index is 13.8. The number of hydrogen-bond acceptors (Lipinski definition) is 11. The molecule has 14 heteroatoms. The number of rotatable bonds is 11. The van der Waals surface area contributed by atoms with Crippen LogP contribution in [0.5, 0.6) is 0 Å². The zero-order valence-corrected chi connectivity index (χ0v) is 23.6. The zero-order chi connectivity index (χ0) is 29.4. The molecule has 0 spiro atoms. The number of nitrogens with two attached hydrogens (primary N) is 1. The van der Waals surface area contributed by atoms with Crippen LogP contribution in [0.15, 0.2) is 17.8 Å². The average molecular weight is 574 g/mol. The minimum absolute atomic E-state index is 0.0104. The van der Waals surface area contributed by atoms with Crippen LogP contribution >= 0.6 is 0 Å². The predicted molar refractivity (Wildman–Crippen MR) is 150 cm³/mol. The number of carbonyl (C=O) groups is 2. The third-order valence-corrected chi connectivity index (χ3v) is 6.87. The molecule has 0 unspecified atom stereocenters. The number of piperazine rings is 1. The second-order valence-electron chi connectivity index (χ2n) is 10.3. The summed E-state index contributed by atoms with van der Waals surface area (Å²) >= 11 is 0. The van der Waals surface area contributed by atoms with E-state index >= 15 is 0 Å². The van der Waals surface area contributed by atoms with E-state index in [0.717, 1.165) is 24.8 Å². The lowest BCUT2D eigenvalue weighted by atomic mass is 10.1. The molecule has 2 aliphatic heterocycles. The van der Waals surface area contributed by atoms with Gasteiger partial charge in [0.2, 0.25) is 23.8 Å². The van der Waals surface area contributed by atoms with Gasteiger partial charge in [-0.05, 0) is 32.8 Å². The molecule has 0 radical (unpaired) electrons. The number of morpholine rings is 1. The number of halogens is 2. The van der Waals surface area contributed by atoms with Crippen LogP contribution in [-0.4, -0.2) is 94.0 Å². The van der Waals surface area contributed by atoms with Crippen LogP contribution in [-0.2, 0) is 14.3 Å². The van der Waals surface area contributed by atoms with Gasteiger partial charge in [0.1, 0.15) is 5.69 Å². The van der Waals surface area contributed by atoms with E-state index in [4.69, 9.17) is 10.5 Å². The maximum Gasteiger partial charge on any atom is 0.281 e. The highest BCUT2D eigenvalue weighted by Gasteiger charge is 2.27. The molecule has 2 fully saturated rings. The molecule has 1 amide bonds. The summed E-state index contributed by atoms with van der Waals surface area (Å²) in [5.74, 6) is 0.665. The molecule has 0 bridgehead atoms. The minimum Gasteiger partial charge on any atom is -0.378 e. The Balaban J connectivity index is 1.41. The topological polar surface area (TPSA) is 144 Å². The molecule has 2 aromatic rings. The molecule has 12 nitrogen and oxygen atoms in total. The van der Waals surface area contributed by atoms with Gasteiger partial charge >= 0.3 is 0 Å². The Morgan fingerprint density at radius 3 is 2.20 bits per heavy atom. The molecule has 2 saturated heterocycles. The smallest absolute Gasteiger partial charge is 0.281 e. The van der Waals surface area contributed by atoms with E-state index in [9.17, 15) is 18.4 Å². The Bertz CT molecular complexity index is 1240. The summed E-state index contributed by atoms with van der Waals surface area (Å²) in [6.45, 7) is 7.82. The van der Waals surface area contributed by atoms with Gasteiger partial charge in [-0.15, -0.1) is 0 Å². The number of anilines is 3. The van der Waals surface area contributed by atoms with Gasteiger partial charge in [0.15, 0.2) is 11.6 Å². The molecule has 2 aromatic heterocycles. The van der Waals surface area contributed by atoms with Gasteiger partial charge in [-0.2, -0.15) is 15.0 Å². The number of ketones is 1. The molecule has 0 aliphatic carbocycles. The highest BCUT2D eigenvalue weighted by Crippen LogP contribution is 2.30. The summed E-state index contributed by atoms with van der Waals surface area (Å²) in [6, 6.07) is 0. The number of aromatic nitrogens is 5. The van der Waals surface area contributed by atoms with Gasteiger partial charge in [0.25, 0.3) is 6.43 Å². The number of allylic oxidation sites excluding steroid dienone is 2. The summed E-state index contributed by atoms with van der Waals surface area (Å²) in [7, 11) is 0. The zero-order valence-electron chi connectivity index (χ0n) is 23.6. The molecule has 0 aromatic carbocycles. The molecule has 222 valence electrons. The fourth-order valence-electron chi connectivity index (χ4n) is 4.73. The van der Waals surface area contributed by atoms with E-state index in [0.29, 0.717) is 77.2 Å². The lowest BCUT2D eigenvalue weighted by molar-refractivity contribution is -0.131. The first kappa shape index (κ1) is 30.2. The lowest BCUT2D eigenvalue weighted by Crippen LogP contribution is -2.49. The van der Waals surface area contributed by atoms with Gasteiger partial charge in [-0.25, -0.2) is 18.7 Å². The number of carbonyl (C=O) groups excluding carboxylic acids is 2. The summed E-state index contributed by atoms with van der Waals surface area (Å²) < 4.78 is 33.1. The third kappa shape index (κ3) is 8.35. The third-order valence-electron chi connectivity index (χ3n) is 6.87. The van der Waals surface area contributed by atoms with Crippen molar-refractivity contribution in [1.82, 2.24) is 29.8 Å². The Morgan fingerprint density at radius 2 is 1.56 bits per heavy atom. The molecular weight excluding hydrogens is 536 g/mol. The summed E-state index contributed by atoms with van der Waals surface area (Å²) in [6.07, 6.45) is 3.23. The Hall–Kier alpha value is -3.81. The summed E-state index contributed by atoms with van der Waals surface area (Å²) in [5.41, 5.74) is 6.00. The van der Waals surface area contributed by atoms with Crippen molar-refractivity contribution < 1.29 is 23.1 Å². The molecule has 2 N–H and O–H groups in total. The van der Waals surface area contributed by atoms with Crippen LogP contribution in [0.4, 0.5) is 26.6 Å². The van der Waals surface area contributed by atoms with Gasteiger partial charge in [0.05, 0.1) is 18.8 Å². The number of amides is 1. The van der Waals surface area contributed by atoms with E-state index in [1.165, 1.54) is 6.20 Å². The number of nitrogen functional groups attached to an aromatic ring is 1. The Morgan fingerprint density at radius 1 is 0.927 bits per heavy atom. The van der Waals surface area contributed by atoms with Gasteiger partial charge < -0.3 is 25.2 Å². The normalized spacial score (nSPS) is 15.8. The van der Waals surface area contributed by atoms with Crippen LogP contribution in [0.25, 0.3) is 11.4 Å². The second-order valence-corrected chi connectivity index (χ2v) is 10.3. The van der Waals surface area contributed by atoms with E-state index in [1.807, 2.05) is 28.5 Å². The van der Waals surface area contributed by atoms with Gasteiger partial charge in [-0.1, -0.05) is 12.0 Å². The first-order valence-electron chi connectivity index (χ1n) is 13.9. The molecule has 4 heterocycles. The van der Waals surface area contributed by atoms with Crippen molar-refractivity contribution in [1.29, 1.82) is 0 Å². The second kappa shape index (κ2) is 14.2. The molecular formula is C27H37F2N9O3. The maximum absolute atomic E-state index is 13.8. The van der Waals surface area contributed by atoms with E-state index in [2.05, 4.69) is 24.9 Å². The number of unbranched alkanes of at least 4 members (excludes halogenated alkanes) is 2. The van der Waals surface area contributed by atoms with Crippen LogP contribution in [0.1, 0.15) is 58.1 Å². The largest absolute Gasteiger partial charge is 0.378 e. The first-order chi connectivity index (χ1) is 19.7. The summed E-state index contributed by atoms with van der Waals surface area (Å²) in [5, 5.41) is 0. The minimum atomic E-state index is -2.89. The van der Waals surface area contributed by atoms with Crippen LogP contribution in [0, 0.1) is 0 Å². The highest BCUT2D eigenvalue weighted by atomic mass is 19.3. The Labute approximate surface area is 238 Å². The highest BCUT2D eigenvalue weighted by molar-refractivity contribution is 5.90. The standard InChI is InChI=1S/C27H37F2N9O3/c1-18(2)16-19(39)6-4-3-5-7-21(40)36-8-10-37(11-9-36)26-33-24(20-17-31-25(30)32-22(20)23(28)29)34-27(35-26)38-12-14-41-15-13-38/h16-17,23H,3-15H2,1-2H3,(H2,30,31,32). The number of alkyl halides is 2. The summed E-state index contributed by atoms with van der Waals surface area (Å²) in [4.78, 5) is 51.5. The molecule has 0 saturated carbocycles. The Kier molecular flexibility index (Phi) is 10.4. The predicted octanol–water partition coefficient (Wildman–Crippen LogP) is 2.82. The van der Waals surface area contributed by atoms with Gasteiger partial charge in [-0.3, -0.25) is 9.59 Å². The molecule has 41 heavy (non-hydrogen) atoms. The number of hydrogen-bond donors (Lipinski definition) is 1. The van der Waals surface area contributed by atoms with Crippen LogP contribution in [0.3, 0.4) is 0 Å². The van der Waals surface area contributed by atoms with Gasteiger partial charge in [0, 0.05) is 58.3 Å². The van der Waals surface area contributed by atoms with Crippen molar-refractivity contribution in [3.8, 4) is 11.4 Å². The van der Waals surface area contributed by atoms with Crippen molar-refractivity contribution in [2.75, 3.05) is 68.0 Å². The van der Waals surface area contributed by atoms with E-state index in [1.54, 1.807) is 6.08 Å². The number of ether oxygens (including phenoxy) is 1. The van der Waals surface area contributed by atoms with Crippen molar-refractivity contribution in [2.24, 2.45) is 0 Å². The van der Waals surface area contributed by atoms with Crippen LogP contribution < -0.4 is 15.5 Å². The first-order valence-corrected chi connectivity index (χ1v) is 13.9. The van der Waals surface area contributed by atoms with E-state index < -0.39 is 12.1 Å². The SMILES string of the molecule is CC(C)=CC(=O)CCCCCC(=O)N1CCN(c2nc(-c3cnc(N)nc3C(F)F)nc(N3CCOCC3)n2)CC1. The molecule has 2 aliphatic rings.